The Morgan fingerprint density at radius 3 is 2.85 bits per heavy atom. The highest BCUT2D eigenvalue weighted by Gasteiger charge is 2.14. The Bertz CT molecular complexity index is 242. The Morgan fingerprint density at radius 2 is 2.15 bits per heavy atom. The summed E-state index contributed by atoms with van der Waals surface area (Å²) in [6.07, 6.45) is 1.14. The van der Waals surface area contributed by atoms with Gasteiger partial charge in [0.2, 0.25) is 0 Å². The standard InChI is InChI=1S/C11H14OS/c1-2-4-10(5-3-1)8-11-9-12-6-7-13-11/h1-5,11H,6-9H2. The zero-order valence-electron chi connectivity index (χ0n) is 7.61. The highest BCUT2D eigenvalue weighted by Crippen LogP contribution is 2.20. The molecular weight excluding hydrogens is 180 g/mol. The summed E-state index contributed by atoms with van der Waals surface area (Å²) in [5.41, 5.74) is 1.42. The van der Waals surface area contributed by atoms with Crippen LogP contribution < -0.4 is 0 Å². The van der Waals surface area contributed by atoms with E-state index in [-0.39, 0.29) is 0 Å². The molecule has 0 bridgehead atoms. The van der Waals surface area contributed by atoms with Gasteiger partial charge in [-0.05, 0) is 12.0 Å². The summed E-state index contributed by atoms with van der Waals surface area (Å²) in [5, 5.41) is 0.663. The van der Waals surface area contributed by atoms with Crippen molar-refractivity contribution in [3.8, 4) is 0 Å². The predicted molar refractivity (Wildman–Crippen MR) is 57.2 cm³/mol. The zero-order valence-corrected chi connectivity index (χ0v) is 8.43. The second kappa shape index (κ2) is 4.68. The van der Waals surface area contributed by atoms with Crippen molar-refractivity contribution in [2.45, 2.75) is 11.7 Å². The molecule has 1 atom stereocenters. The van der Waals surface area contributed by atoms with Crippen molar-refractivity contribution in [1.29, 1.82) is 0 Å². The van der Waals surface area contributed by atoms with Crippen molar-refractivity contribution in [3.05, 3.63) is 35.9 Å². The van der Waals surface area contributed by atoms with Crippen molar-refractivity contribution in [3.63, 3.8) is 0 Å². The molecule has 0 saturated carbocycles. The van der Waals surface area contributed by atoms with E-state index in [4.69, 9.17) is 4.74 Å². The van der Waals surface area contributed by atoms with E-state index in [1.165, 1.54) is 5.56 Å². The number of hydrogen-bond acceptors (Lipinski definition) is 2. The molecule has 1 aliphatic heterocycles. The van der Waals surface area contributed by atoms with Crippen LogP contribution in [0.1, 0.15) is 5.56 Å². The van der Waals surface area contributed by atoms with Crippen LogP contribution >= 0.6 is 11.8 Å². The summed E-state index contributed by atoms with van der Waals surface area (Å²) in [4.78, 5) is 0. The first-order valence-electron chi connectivity index (χ1n) is 4.68. The zero-order chi connectivity index (χ0) is 8.93. The lowest BCUT2D eigenvalue weighted by Gasteiger charge is -2.21. The first kappa shape index (κ1) is 9.10. The van der Waals surface area contributed by atoms with Crippen LogP contribution in [0.5, 0.6) is 0 Å². The summed E-state index contributed by atoms with van der Waals surface area (Å²) in [6, 6.07) is 10.6. The number of rotatable bonds is 2. The summed E-state index contributed by atoms with van der Waals surface area (Å²) >= 11 is 2.03. The topological polar surface area (TPSA) is 9.23 Å². The average molecular weight is 194 g/mol. The van der Waals surface area contributed by atoms with Crippen molar-refractivity contribution < 1.29 is 4.74 Å². The summed E-state index contributed by atoms with van der Waals surface area (Å²) in [6.45, 7) is 1.84. The summed E-state index contributed by atoms with van der Waals surface area (Å²) in [7, 11) is 0. The fourth-order valence-electron chi connectivity index (χ4n) is 1.53. The van der Waals surface area contributed by atoms with Gasteiger partial charge in [0.15, 0.2) is 0 Å². The second-order valence-electron chi connectivity index (χ2n) is 3.26. The summed E-state index contributed by atoms with van der Waals surface area (Å²) in [5.74, 6) is 1.15. The Balaban J connectivity index is 1.90. The second-order valence-corrected chi connectivity index (χ2v) is 4.67. The quantitative estimate of drug-likeness (QED) is 0.715. The summed E-state index contributed by atoms with van der Waals surface area (Å²) < 4.78 is 5.43. The Morgan fingerprint density at radius 1 is 1.31 bits per heavy atom. The molecule has 0 spiro atoms. The van der Waals surface area contributed by atoms with Crippen LogP contribution in [0.3, 0.4) is 0 Å². The number of benzene rings is 1. The Hall–Kier alpha value is -0.470. The van der Waals surface area contributed by atoms with E-state index in [0.717, 1.165) is 25.4 Å². The predicted octanol–water partition coefficient (Wildman–Crippen LogP) is 2.36. The van der Waals surface area contributed by atoms with Gasteiger partial charge >= 0.3 is 0 Å². The maximum atomic E-state index is 5.43. The maximum Gasteiger partial charge on any atom is 0.0588 e. The van der Waals surface area contributed by atoms with Crippen LogP contribution in [0.4, 0.5) is 0 Å². The fraction of sp³-hybridized carbons (Fsp3) is 0.455. The van der Waals surface area contributed by atoms with Crippen molar-refractivity contribution in [1.82, 2.24) is 0 Å². The molecule has 1 unspecified atom stereocenters. The SMILES string of the molecule is c1ccc(CC2COCCS2)cc1. The normalized spacial score (nSPS) is 22.9. The smallest absolute Gasteiger partial charge is 0.0588 e. The van der Waals surface area contributed by atoms with Gasteiger partial charge in [0.1, 0.15) is 0 Å². The van der Waals surface area contributed by atoms with Crippen molar-refractivity contribution in [2.75, 3.05) is 19.0 Å². The van der Waals surface area contributed by atoms with Gasteiger partial charge in [-0.3, -0.25) is 0 Å². The third kappa shape index (κ3) is 2.75. The van der Waals surface area contributed by atoms with Gasteiger partial charge in [-0.15, -0.1) is 0 Å². The van der Waals surface area contributed by atoms with Crippen LogP contribution in [-0.2, 0) is 11.2 Å². The van der Waals surface area contributed by atoms with Gasteiger partial charge in [0.05, 0.1) is 13.2 Å². The molecule has 2 heteroatoms. The minimum atomic E-state index is 0.663. The van der Waals surface area contributed by atoms with Gasteiger partial charge in [-0.1, -0.05) is 30.3 Å². The number of hydrogen-bond donors (Lipinski definition) is 0. The van der Waals surface area contributed by atoms with E-state index in [0.29, 0.717) is 5.25 Å². The molecule has 0 amide bonds. The molecule has 0 aromatic heterocycles. The largest absolute Gasteiger partial charge is 0.379 e. The molecule has 0 aliphatic carbocycles. The van der Waals surface area contributed by atoms with E-state index in [2.05, 4.69) is 30.3 Å². The van der Waals surface area contributed by atoms with Gasteiger partial charge < -0.3 is 4.74 Å². The minimum absolute atomic E-state index is 0.663. The molecular formula is C11H14OS. The van der Waals surface area contributed by atoms with Crippen molar-refractivity contribution in [2.24, 2.45) is 0 Å². The lowest BCUT2D eigenvalue weighted by molar-refractivity contribution is 0.143. The van der Waals surface area contributed by atoms with Crippen LogP contribution in [0.25, 0.3) is 0 Å². The van der Waals surface area contributed by atoms with E-state index in [9.17, 15) is 0 Å². The maximum absolute atomic E-state index is 5.43. The molecule has 70 valence electrons. The molecule has 1 nitrogen and oxygen atoms in total. The lowest BCUT2D eigenvalue weighted by atomic mass is 10.1. The Labute approximate surface area is 83.5 Å². The monoisotopic (exact) mass is 194 g/mol. The van der Waals surface area contributed by atoms with E-state index < -0.39 is 0 Å². The van der Waals surface area contributed by atoms with E-state index >= 15 is 0 Å². The number of thioether (sulfide) groups is 1. The van der Waals surface area contributed by atoms with Gasteiger partial charge in [0, 0.05) is 11.0 Å². The first-order valence-corrected chi connectivity index (χ1v) is 5.73. The van der Waals surface area contributed by atoms with Crippen LogP contribution in [0.15, 0.2) is 30.3 Å². The van der Waals surface area contributed by atoms with Crippen LogP contribution in [0, 0.1) is 0 Å². The van der Waals surface area contributed by atoms with Crippen LogP contribution in [-0.4, -0.2) is 24.2 Å². The molecule has 13 heavy (non-hydrogen) atoms. The van der Waals surface area contributed by atoms with E-state index in [1.54, 1.807) is 0 Å². The molecule has 1 aromatic carbocycles. The van der Waals surface area contributed by atoms with Crippen LogP contribution in [0.2, 0.25) is 0 Å². The van der Waals surface area contributed by atoms with Gasteiger partial charge in [-0.25, -0.2) is 0 Å². The third-order valence-corrected chi connectivity index (χ3v) is 3.37. The lowest BCUT2D eigenvalue weighted by Crippen LogP contribution is -2.22. The number of ether oxygens (including phenoxy) is 1. The molecule has 1 fully saturated rings. The molecule has 1 aromatic rings. The van der Waals surface area contributed by atoms with Crippen molar-refractivity contribution >= 4 is 11.8 Å². The highest BCUT2D eigenvalue weighted by atomic mass is 32.2. The van der Waals surface area contributed by atoms with Gasteiger partial charge in [0.25, 0.3) is 0 Å². The van der Waals surface area contributed by atoms with Gasteiger partial charge in [-0.2, -0.15) is 11.8 Å². The first-order chi connectivity index (χ1) is 6.45. The fourth-order valence-corrected chi connectivity index (χ4v) is 2.58. The molecule has 2 rings (SSSR count). The third-order valence-electron chi connectivity index (χ3n) is 2.19. The molecule has 1 saturated heterocycles. The Kier molecular flexibility index (Phi) is 3.27. The van der Waals surface area contributed by atoms with E-state index in [1.807, 2.05) is 11.8 Å². The average Bonchev–Trinajstić information content (AvgIpc) is 2.21. The molecule has 1 aliphatic rings. The molecule has 0 N–H and O–H groups in total. The highest BCUT2D eigenvalue weighted by molar-refractivity contribution is 8.00. The minimum Gasteiger partial charge on any atom is -0.379 e. The molecule has 1 heterocycles. The molecule has 0 radical (unpaired) electrons.